The van der Waals surface area contributed by atoms with E-state index in [9.17, 15) is 0 Å². The summed E-state index contributed by atoms with van der Waals surface area (Å²) in [6, 6.07) is 9.01. The van der Waals surface area contributed by atoms with Gasteiger partial charge in [-0.25, -0.2) is 4.99 Å². The van der Waals surface area contributed by atoms with Crippen LogP contribution in [0.5, 0.6) is 0 Å². The van der Waals surface area contributed by atoms with E-state index < -0.39 is 0 Å². The Hall–Kier alpha value is -1.20. The number of guanidine groups is 1. The molecule has 128 valence electrons. The molecule has 1 aliphatic carbocycles. The number of hydrogen-bond donors (Lipinski definition) is 2. The average Bonchev–Trinajstić information content (AvgIpc) is 3.02. The van der Waals surface area contributed by atoms with Crippen molar-refractivity contribution in [3.8, 4) is 0 Å². The normalized spacial score (nSPS) is 21.4. The van der Waals surface area contributed by atoms with Crippen molar-refractivity contribution in [2.24, 2.45) is 4.99 Å². The number of nitrogens with zero attached hydrogens (tertiary/aromatic N) is 1. The number of thioether (sulfide) groups is 1. The van der Waals surface area contributed by atoms with Crippen LogP contribution in [0.25, 0.3) is 0 Å². The summed E-state index contributed by atoms with van der Waals surface area (Å²) in [6.45, 7) is 4.35. The smallest absolute Gasteiger partial charge is 0.191 e. The minimum atomic E-state index is 0.550. The standard InChI is InChI=1S/C18H29N3OS/c1-4-19-18(21-16-9-10-17(11-16)23-3)20-12-14-5-7-15(8-6-14)13-22-2/h5-8,16-17H,4,9-13H2,1-3H3,(H2,19,20,21). The second-order valence-electron chi connectivity index (χ2n) is 5.96. The Balaban J connectivity index is 1.90. The van der Waals surface area contributed by atoms with E-state index in [4.69, 9.17) is 9.73 Å². The summed E-state index contributed by atoms with van der Waals surface area (Å²) in [7, 11) is 1.72. The van der Waals surface area contributed by atoms with Gasteiger partial charge in [-0.1, -0.05) is 24.3 Å². The molecule has 0 amide bonds. The molecule has 0 bridgehead atoms. The molecule has 0 aliphatic heterocycles. The molecular weight excluding hydrogens is 306 g/mol. The number of rotatable bonds is 7. The highest BCUT2D eigenvalue weighted by atomic mass is 32.2. The van der Waals surface area contributed by atoms with Crippen LogP contribution < -0.4 is 10.6 Å². The van der Waals surface area contributed by atoms with Crippen LogP contribution in [0.1, 0.15) is 37.3 Å². The van der Waals surface area contributed by atoms with Crippen LogP contribution in [0.15, 0.2) is 29.3 Å². The molecule has 5 heteroatoms. The molecule has 0 spiro atoms. The lowest BCUT2D eigenvalue weighted by atomic mass is 10.1. The van der Waals surface area contributed by atoms with Gasteiger partial charge in [-0.2, -0.15) is 11.8 Å². The van der Waals surface area contributed by atoms with Crippen molar-refractivity contribution in [1.29, 1.82) is 0 Å². The van der Waals surface area contributed by atoms with Gasteiger partial charge in [0.2, 0.25) is 0 Å². The first kappa shape index (κ1) is 18.1. The number of methoxy groups -OCH3 is 1. The number of nitrogens with one attached hydrogen (secondary N) is 2. The summed E-state index contributed by atoms with van der Waals surface area (Å²) in [5.41, 5.74) is 2.41. The van der Waals surface area contributed by atoms with Gasteiger partial charge in [0, 0.05) is 24.9 Å². The molecule has 0 aromatic heterocycles. The molecule has 1 aliphatic rings. The van der Waals surface area contributed by atoms with Gasteiger partial charge in [0.15, 0.2) is 5.96 Å². The average molecular weight is 336 g/mol. The van der Waals surface area contributed by atoms with E-state index in [2.05, 4.69) is 48.1 Å². The summed E-state index contributed by atoms with van der Waals surface area (Å²) in [6.07, 6.45) is 5.98. The zero-order valence-electron chi connectivity index (χ0n) is 14.5. The fraction of sp³-hybridized carbons (Fsp3) is 0.611. The first-order valence-corrected chi connectivity index (χ1v) is 9.68. The van der Waals surface area contributed by atoms with Crippen molar-refractivity contribution in [3.63, 3.8) is 0 Å². The van der Waals surface area contributed by atoms with Crippen molar-refractivity contribution < 1.29 is 4.74 Å². The minimum absolute atomic E-state index is 0.550. The Morgan fingerprint density at radius 3 is 2.61 bits per heavy atom. The van der Waals surface area contributed by atoms with Gasteiger partial charge in [0.1, 0.15) is 0 Å². The quantitative estimate of drug-likeness (QED) is 0.593. The van der Waals surface area contributed by atoms with E-state index in [1.165, 1.54) is 30.4 Å². The largest absolute Gasteiger partial charge is 0.380 e. The second-order valence-corrected chi connectivity index (χ2v) is 7.09. The lowest BCUT2D eigenvalue weighted by Gasteiger charge is -2.17. The summed E-state index contributed by atoms with van der Waals surface area (Å²) in [5, 5.41) is 7.74. The number of benzene rings is 1. The van der Waals surface area contributed by atoms with E-state index in [-0.39, 0.29) is 0 Å². The molecular formula is C18H29N3OS. The van der Waals surface area contributed by atoms with E-state index >= 15 is 0 Å². The topological polar surface area (TPSA) is 45.7 Å². The molecule has 1 aromatic rings. The number of aliphatic imine (C=N–C) groups is 1. The van der Waals surface area contributed by atoms with Gasteiger partial charge < -0.3 is 15.4 Å². The monoisotopic (exact) mass is 335 g/mol. The van der Waals surface area contributed by atoms with Gasteiger partial charge in [-0.3, -0.25) is 0 Å². The van der Waals surface area contributed by atoms with Crippen molar-refractivity contribution in [1.82, 2.24) is 10.6 Å². The first-order chi connectivity index (χ1) is 11.2. The molecule has 2 rings (SSSR count). The summed E-state index contributed by atoms with van der Waals surface area (Å²) >= 11 is 1.98. The van der Waals surface area contributed by atoms with Crippen LogP contribution in [0.3, 0.4) is 0 Å². The Kier molecular flexibility index (Phi) is 7.76. The first-order valence-electron chi connectivity index (χ1n) is 8.39. The van der Waals surface area contributed by atoms with E-state index in [1.807, 2.05) is 11.8 Å². The molecule has 1 aromatic carbocycles. The van der Waals surface area contributed by atoms with E-state index in [1.54, 1.807) is 7.11 Å². The third-order valence-electron chi connectivity index (χ3n) is 4.16. The molecule has 4 nitrogen and oxygen atoms in total. The third kappa shape index (κ3) is 6.07. The zero-order valence-corrected chi connectivity index (χ0v) is 15.3. The summed E-state index contributed by atoms with van der Waals surface area (Å²) in [5.74, 6) is 0.931. The van der Waals surface area contributed by atoms with Crippen LogP contribution in [0, 0.1) is 0 Å². The van der Waals surface area contributed by atoms with Crippen LogP contribution in [-0.2, 0) is 17.9 Å². The predicted octanol–water partition coefficient (Wildman–Crippen LogP) is 3.17. The van der Waals surface area contributed by atoms with Gasteiger partial charge in [-0.15, -0.1) is 0 Å². The van der Waals surface area contributed by atoms with Gasteiger partial charge in [0.25, 0.3) is 0 Å². The summed E-state index contributed by atoms with van der Waals surface area (Å²) < 4.78 is 5.14. The molecule has 2 atom stereocenters. The second kappa shape index (κ2) is 9.83. The Labute approximate surface area is 144 Å². The van der Waals surface area contributed by atoms with Gasteiger partial charge in [-0.05, 0) is 43.6 Å². The van der Waals surface area contributed by atoms with E-state index in [0.717, 1.165) is 17.8 Å². The molecule has 0 radical (unpaired) electrons. The number of hydrogen-bond acceptors (Lipinski definition) is 3. The fourth-order valence-corrected chi connectivity index (χ4v) is 3.67. The van der Waals surface area contributed by atoms with Crippen molar-refractivity contribution >= 4 is 17.7 Å². The maximum absolute atomic E-state index is 5.14. The highest BCUT2D eigenvalue weighted by Gasteiger charge is 2.24. The van der Waals surface area contributed by atoms with Crippen LogP contribution in [0.2, 0.25) is 0 Å². The van der Waals surface area contributed by atoms with Crippen molar-refractivity contribution in [2.45, 2.75) is 50.6 Å². The molecule has 0 heterocycles. The molecule has 2 N–H and O–H groups in total. The Bertz CT molecular complexity index is 490. The zero-order chi connectivity index (χ0) is 16.5. The number of ether oxygens (including phenoxy) is 1. The maximum Gasteiger partial charge on any atom is 0.191 e. The van der Waals surface area contributed by atoms with Gasteiger partial charge >= 0.3 is 0 Å². The summed E-state index contributed by atoms with van der Waals surface area (Å²) in [4.78, 5) is 4.73. The minimum Gasteiger partial charge on any atom is -0.380 e. The Morgan fingerprint density at radius 2 is 2.00 bits per heavy atom. The fourth-order valence-electron chi connectivity index (χ4n) is 2.88. The molecule has 0 saturated heterocycles. The van der Waals surface area contributed by atoms with Crippen LogP contribution in [-0.4, -0.2) is 37.2 Å². The van der Waals surface area contributed by atoms with Crippen LogP contribution >= 0.6 is 11.8 Å². The van der Waals surface area contributed by atoms with E-state index in [0.29, 0.717) is 19.2 Å². The predicted molar refractivity (Wildman–Crippen MR) is 100 cm³/mol. The Morgan fingerprint density at radius 1 is 1.26 bits per heavy atom. The van der Waals surface area contributed by atoms with Gasteiger partial charge in [0.05, 0.1) is 13.2 Å². The molecule has 23 heavy (non-hydrogen) atoms. The van der Waals surface area contributed by atoms with Crippen LogP contribution in [0.4, 0.5) is 0 Å². The molecule has 1 saturated carbocycles. The lowest BCUT2D eigenvalue weighted by Crippen LogP contribution is -2.42. The van der Waals surface area contributed by atoms with Crippen molar-refractivity contribution in [2.75, 3.05) is 19.9 Å². The SMILES string of the molecule is CCNC(=NCc1ccc(COC)cc1)NC1CCC(SC)C1. The highest BCUT2D eigenvalue weighted by Crippen LogP contribution is 2.28. The maximum atomic E-state index is 5.14. The molecule has 2 unspecified atom stereocenters. The lowest BCUT2D eigenvalue weighted by molar-refractivity contribution is 0.185. The third-order valence-corrected chi connectivity index (χ3v) is 5.25. The highest BCUT2D eigenvalue weighted by molar-refractivity contribution is 7.99. The molecule has 1 fully saturated rings. The van der Waals surface area contributed by atoms with Crippen molar-refractivity contribution in [3.05, 3.63) is 35.4 Å².